The maximum absolute atomic E-state index is 11.0. The molecule has 0 saturated carbocycles. The highest BCUT2D eigenvalue weighted by atomic mass is 16.5. The maximum Gasteiger partial charge on any atom is 0.251 e. The first-order valence-electron chi connectivity index (χ1n) is 3.94. The normalized spacial score (nSPS) is 9.69. The number of methoxy groups -OCH3 is 1. The largest absolute Gasteiger partial charge is 0.375 e. The van der Waals surface area contributed by atoms with Gasteiger partial charge in [0.05, 0.1) is 0 Å². The second kappa shape index (κ2) is 4.57. The lowest BCUT2D eigenvalue weighted by molar-refractivity contribution is -0.119. The van der Waals surface area contributed by atoms with Crippen molar-refractivity contribution in [3.8, 4) is 0 Å². The highest BCUT2D eigenvalue weighted by molar-refractivity contribution is 5.90. The minimum Gasteiger partial charge on any atom is -0.375 e. The lowest BCUT2D eigenvalue weighted by Crippen LogP contribution is -2.17. The Labute approximate surface area is 76.9 Å². The van der Waals surface area contributed by atoms with Crippen LogP contribution in [0.5, 0.6) is 0 Å². The number of ether oxygens (including phenoxy) is 1. The monoisotopic (exact) mass is 180 g/mol. The molecule has 0 aliphatic heterocycles. The molecular formula is C9H12N2O2. The van der Waals surface area contributed by atoms with Crippen molar-refractivity contribution in [1.82, 2.24) is 4.98 Å². The molecule has 1 rings (SSSR count). The fourth-order valence-electron chi connectivity index (χ4n) is 0.915. The number of aromatic nitrogens is 1. The number of pyridine rings is 1. The van der Waals surface area contributed by atoms with E-state index in [1.807, 2.05) is 13.0 Å². The van der Waals surface area contributed by atoms with Gasteiger partial charge >= 0.3 is 0 Å². The molecule has 0 aliphatic rings. The van der Waals surface area contributed by atoms with Crippen molar-refractivity contribution >= 4 is 11.7 Å². The van der Waals surface area contributed by atoms with Crippen LogP contribution in [0.2, 0.25) is 0 Å². The Morgan fingerprint density at radius 3 is 3.08 bits per heavy atom. The molecule has 70 valence electrons. The van der Waals surface area contributed by atoms with Crippen LogP contribution in [0.25, 0.3) is 0 Å². The van der Waals surface area contributed by atoms with Crippen LogP contribution in [0, 0.1) is 6.92 Å². The summed E-state index contributed by atoms with van der Waals surface area (Å²) in [7, 11) is 1.48. The molecule has 1 aromatic heterocycles. The molecule has 1 heterocycles. The molecule has 0 bridgehead atoms. The first kappa shape index (κ1) is 9.67. The van der Waals surface area contributed by atoms with Gasteiger partial charge in [0.1, 0.15) is 12.4 Å². The molecule has 0 aliphatic carbocycles. The third kappa shape index (κ3) is 3.21. The third-order valence-electron chi connectivity index (χ3n) is 1.46. The average Bonchev–Trinajstić information content (AvgIpc) is 2.04. The van der Waals surface area contributed by atoms with E-state index in [1.54, 1.807) is 12.3 Å². The quantitative estimate of drug-likeness (QED) is 0.754. The molecule has 1 amide bonds. The van der Waals surface area contributed by atoms with Crippen LogP contribution in [0.1, 0.15) is 5.56 Å². The molecule has 0 fully saturated rings. The van der Waals surface area contributed by atoms with Crippen molar-refractivity contribution in [3.63, 3.8) is 0 Å². The van der Waals surface area contributed by atoms with Crippen LogP contribution in [0.4, 0.5) is 5.82 Å². The predicted octanol–water partition coefficient (Wildman–Crippen LogP) is 0.975. The molecule has 0 unspecified atom stereocenters. The highest BCUT2D eigenvalue weighted by Crippen LogP contribution is 2.04. The van der Waals surface area contributed by atoms with Crippen LogP contribution in [0.3, 0.4) is 0 Å². The third-order valence-corrected chi connectivity index (χ3v) is 1.46. The van der Waals surface area contributed by atoms with Crippen molar-refractivity contribution in [2.45, 2.75) is 6.92 Å². The molecule has 0 spiro atoms. The Morgan fingerprint density at radius 2 is 2.46 bits per heavy atom. The number of hydrogen-bond donors (Lipinski definition) is 1. The van der Waals surface area contributed by atoms with E-state index < -0.39 is 0 Å². The summed E-state index contributed by atoms with van der Waals surface area (Å²) in [5, 5.41) is 2.61. The van der Waals surface area contributed by atoms with Gasteiger partial charge in [0.15, 0.2) is 0 Å². The smallest absolute Gasteiger partial charge is 0.251 e. The molecule has 4 nitrogen and oxygen atoms in total. The second-order valence-electron chi connectivity index (χ2n) is 2.70. The van der Waals surface area contributed by atoms with Crippen molar-refractivity contribution in [2.24, 2.45) is 0 Å². The Hall–Kier alpha value is -1.42. The molecule has 0 saturated heterocycles. The van der Waals surface area contributed by atoms with E-state index in [1.165, 1.54) is 7.11 Å². The van der Waals surface area contributed by atoms with Gasteiger partial charge in [0.25, 0.3) is 5.91 Å². The number of carbonyl (C=O) groups is 1. The van der Waals surface area contributed by atoms with Crippen LogP contribution in [-0.2, 0) is 9.53 Å². The van der Waals surface area contributed by atoms with Gasteiger partial charge < -0.3 is 10.1 Å². The summed E-state index contributed by atoms with van der Waals surface area (Å²) in [5.41, 5.74) is 1.06. The van der Waals surface area contributed by atoms with Gasteiger partial charge in [-0.1, -0.05) is 0 Å². The summed E-state index contributed by atoms with van der Waals surface area (Å²) in [6, 6.07) is 3.67. The van der Waals surface area contributed by atoms with E-state index in [2.05, 4.69) is 15.0 Å². The number of anilines is 1. The van der Waals surface area contributed by atoms with Gasteiger partial charge in [-0.25, -0.2) is 4.98 Å². The summed E-state index contributed by atoms with van der Waals surface area (Å²) in [6.45, 7) is 1.99. The summed E-state index contributed by atoms with van der Waals surface area (Å²) in [4.78, 5) is 15.0. The van der Waals surface area contributed by atoms with Crippen LogP contribution in [0.15, 0.2) is 18.3 Å². The van der Waals surface area contributed by atoms with E-state index in [0.717, 1.165) is 5.56 Å². The molecule has 13 heavy (non-hydrogen) atoms. The number of nitrogens with one attached hydrogen (secondary N) is 1. The molecule has 0 atom stereocenters. The van der Waals surface area contributed by atoms with Crippen LogP contribution in [-0.4, -0.2) is 24.6 Å². The summed E-state index contributed by atoms with van der Waals surface area (Å²) in [6.07, 6.45) is 1.65. The van der Waals surface area contributed by atoms with Gasteiger partial charge in [0, 0.05) is 13.3 Å². The standard InChI is InChI=1S/C9H12N2O2/c1-7-3-4-10-8(5-7)11-9(12)6-13-2/h3-5H,6H2,1-2H3,(H,10,11,12). The summed E-state index contributed by atoms with van der Waals surface area (Å²) in [5.74, 6) is 0.364. The summed E-state index contributed by atoms with van der Waals surface area (Å²) < 4.78 is 4.67. The molecule has 1 aromatic rings. The first-order valence-corrected chi connectivity index (χ1v) is 3.94. The Balaban J connectivity index is 2.58. The topological polar surface area (TPSA) is 51.2 Å². The second-order valence-corrected chi connectivity index (χ2v) is 2.70. The minimum atomic E-state index is -0.194. The number of amides is 1. The average molecular weight is 180 g/mol. The molecule has 0 aromatic carbocycles. The molecular weight excluding hydrogens is 168 g/mol. The number of hydrogen-bond acceptors (Lipinski definition) is 3. The Kier molecular flexibility index (Phi) is 3.40. The van der Waals surface area contributed by atoms with Crippen LogP contribution < -0.4 is 5.32 Å². The SMILES string of the molecule is COCC(=O)Nc1cc(C)ccn1. The van der Waals surface area contributed by atoms with Crippen molar-refractivity contribution in [2.75, 3.05) is 19.0 Å². The van der Waals surface area contributed by atoms with E-state index in [4.69, 9.17) is 0 Å². The van der Waals surface area contributed by atoms with Gasteiger partial charge in [-0.05, 0) is 24.6 Å². The van der Waals surface area contributed by atoms with Gasteiger partial charge in [-0.3, -0.25) is 4.79 Å². The zero-order valence-electron chi connectivity index (χ0n) is 7.70. The number of nitrogens with zero attached hydrogens (tertiary/aromatic N) is 1. The molecule has 0 radical (unpaired) electrons. The predicted molar refractivity (Wildman–Crippen MR) is 49.5 cm³/mol. The molecule has 4 heteroatoms. The Bertz CT molecular complexity index is 299. The van der Waals surface area contributed by atoms with E-state index in [9.17, 15) is 4.79 Å². The number of aryl methyl sites for hydroxylation is 1. The van der Waals surface area contributed by atoms with Gasteiger partial charge in [-0.15, -0.1) is 0 Å². The fraction of sp³-hybridized carbons (Fsp3) is 0.333. The first-order chi connectivity index (χ1) is 6.22. The van der Waals surface area contributed by atoms with Crippen molar-refractivity contribution in [1.29, 1.82) is 0 Å². The van der Waals surface area contributed by atoms with E-state index >= 15 is 0 Å². The van der Waals surface area contributed by atoms with Crippen molar-refractivity contribution < 1.29 is 9.53 Å². The van der Waals surface area contributed by atoms with Gasteiger partial charge in [-0.2, -0.15) is 0 Å². The number of rotatable bonds is 3. The lowest BCUT2D eigenvalue weighted by Gasteiger charge is -2.03. The minimum absolute atomic E-state index is 0.0512. The zero-order valence-corrected chi connectivity index (χ0v) is 7.70. The molecule has 1 N–H and O–H groups in total. The summed E-state index contributed by atoms with van der Waals surface area (Å²) >= 11 is 0. The highest BCUT2D eigenvalue weighted by Gasteiger charge is 2.01. The van der Waals surface area contributed by atoms with Gasteiger partial charge in [0.2, 0.25) is 0 Å². The number of carbonyl (C=O) groups excluding carboxylic acids is 1. The maximum atomic E-state index is 11.0. The van der Waals surface area contributed by atoms with E-state index in [0.29, 0.717) is 5.82 Å². The van der Waals surface area contributed by atoms with E-state index in [-0.39, 0.29) is 12.5 Å². The zero-order chi connectivity index (χ0) is 9.68. The fourth-order valence-corrected chi connectivity index (χ4v) is 0.915. The lowest BCUT2D eigenvalue weighted by atomic mass is 10.3. The Morgan fingerprint density at radius 1 is 1.69 bits per heavy atom. The van der Waals surface area contributed by atoms with Crippen LogP contribution >= 0.6 is 0 Å². The van der Waals surface area contributed by atoms with Crippen molar-refractivity contribution in [3.05, 3.63) is 23.9 Å².